The lowest BCUT2D eigenvalue weighted by molar-refractivity contribution is -0.142. The molecule has 18 heavy (non-hydrogen) atoms. The molecule has 1 aliphatic rings. The van der Waals surface area contributed by atoms with Gasteiger partial charge in [-0.15, -0.1) is 0 Å². The summed E-state index contributed by atoms with van der Waals surface area (Å²) in [6.45, 7) is 6.13. The number of esters is 1. The first-order valence-corrected chi connectivity index (χ1v) is 6.24. The van der Waals surface area contributed by atoms with Crippen molar-refractivity contribution >= 4 is 11.9 Å². The van der Waals surface area contributed by atoms with Gasteiger partial charge in [0.25, 0.3) is 0 Å². The van der Waals surface area contributed by atoms with E-state index in [2.05, 4.69) is 10.1 Å². The van der Waals surface area contributed by atoms with Crippen molar-refractivity contribution in [2.45, 2.75) is 32.4 Å². The Kier molecular flexibility index (Phi) is 6.07. The molecule has 1 fully saturated rings. The van der Waals surface area contributed by atoms with E-state index in [1.165, 1.54) is 7.11 Å². The summed E-state index contributed by atoms with van der Waals surface area (Å²) >= 11 is 0. The fraction of sp³-hybridized carbons (Fsp3) is 0.833. The van der Waals surface area contributed by atoms with E-state index in [0.29, 0.717) is 26.3 Å². The molecular formula is C12H22N2O4. The molecule has 0 aromatic carbocycles. The van der Waals surface area contributed by atoms with Crippen molar-refractivity contribution in [3.63, 3.8) is 0 Å². The van der Waals surface area contributed by atoms with Crippen LogP contribution in [0.15, 0.2) is 0 Å². The number of amides is 1. The van der Waals surface area contributed by atoms with Crippen molar-refractivity contribution in [1.29, 1.82) is 0 Å². The zero-order valence-corrected chi connectivity index (χ0v) is 11.3. The first-order valence-electron chi connectivity index (χ1n) is 6.24. The summed E-state index contributed by atoms with van der Waals surface area (Å²) < 4.78 is 9.79. The summed E-state index contributed by atoms with van der Waals surface area (Å²) in [5.41, 5.74) is 0. The van der Waals surface area contributed by atoms with Gasteiger partial charge in [-0.1, -0.05) is 0 Å². The molecular weight excluding hydrogens is 236 g/mol. The van der Waals surface area contributed by atoms with Crippen LogP contribution in [0.2, 0.25) is 0 Å². The van der Waals surface area contributed by atoms with Crippen molar-refractivity contribution in [3.05, 3.63) is 0 Å². The molecule has 1 aliphatic heterocycles. The smallest absolute Gasteiger partial charge is 0.307 e. The van der Waals surface area contributed by atoms with Gasteiger partial charge in [0.2, 0.25) is 5.91 Å². The monoisotopic (exact) mass is 258 g/mol. The lowest BCUT2D eigenvalue weighted by Crippen LogP contribution is -2.51. The number of morpholine rings is 1. The number of rotatable bonds is 5. The number of carbonyl (C=O) groups excluding carboxylic acids is 2. The third kappa shape index (κ3) is 4.62. The average Bonchev–Trinajstić information content (AvgIpc) is 2.38. The predicted molar refractivity (Wildman–Crippen MR) is 66.1 cm³/mol. The topological polar surface area (TPSA) is 67.9 Å². The number of hydrogen-bond donors (Lipinski definition) is 1. The third-order valence-electron chi connectivity index (χ3n) is 2.93. The molecule has 1 amide bonds. The van der Waals surface area contributed by atoms with Crippen molar-refractivity contribution in [1.82, 2.24) is 10.2 Å². The molecule has 2 atom stereocenters. The zero-order valence-electron chi connectivity index (χ0n) is 11.3. The van der Waals surface area contributed by atoms with E-state index in [1.807, 2.05) is 13.8 Å². The number of ether oxygens (including phenoxy) is 2. The largest absolute Gasteiger partial charge is 0.469 e. The molecule has 0 saturated carbocycles. The number of methoxy groups -OCH3 is 1. The van der Waals surface area contributed by atoms with Gasteiger partial charge in [-0.3, -0.25) is 9.59 Å². The van der Waals surface area contributed by atoms with Crippen molar-refractivity contribution in [2.75, 3.05) is 33.4 Å². The molecule has 6 heteroatoms. The highest BCUT2D eigenvalue weighted by atomic mass is 16.5. The molecule has 0 bridgehead atoms. The van der Waals surface area contributed by atoms with Crippen LogP contribution >= 0.6 is 0 Å². The van der Waals surface area contributed by atoms with Crippen LogP contribution in [0.4, 0.5) is 0 Å². The van der Waals surface area contributed by atoms with Crippen LogP contribution in [0.1, 0.15) is 20.3 Å². The Morgan fingerprint density at radius 2 is 1.94 bits per heavy atom. The highest BCUT2D eigenvalue weighted by Gasteiger charge is 2.23. The molecule has 1 rings (SSSR count). The molecule has 1 heterocycles. The number of nitrogens with zero attached hydrogens (tertiary/aromatic N) is 1. The molecule has 0 radical (unpaired) electrons. The fourth-order valence-electron chi connectivity index (χ4n) is 1.95. The molecule has 2 unspecified atom stereocenters. The van der Waals surface area contributed by atoms with Gasteiger partial charge in [0.15, 0.2) is 0 Å². The summed E-state index contributed by atoms with van der Waals surface area (Å²) in [7, 11) is 1.36. The van der Waals surface area contributed by atoms with Crippen molar-refractivity contribution in [3.8, 4) is 0 Å². The summed E-state index contributed by atoms with van der Waals surface area (Å²) in [5.74, 6) is -0.226. The second-order valence-electron chi connectivity index (χ2n) is 4.51. The summed E-state index contributed by atoms with van der Waals surface area (Å²) in [6.07, 6.45) is 0.261. The Morgan fingerprint density at radius 1 is 1.33 bits per heavy atom. The zero-order chi connectivity index (χ0) is 13.5. The first-order chi connectivity index (χ1) is 8.54. The summed E-state index contributed by atoms with van der Waals surface area (Å²) in [4.78, 5) is 25.0. The van der Waals surface area contributed by atoms with Gasteiger partial charge in [-0.05, 0) is 13.8 Å². The van der Waals surface area contributed by atoms with Crippen LogP contribution in [0.5, 0.6) is 0 Å². The van der Waals surface area contributed by atoms with E-state index >= 15 is 0 Å². The second kappa shape index (κ2) is 7.33. The van der Waals surface area contributed by atoms with Gasteiger partial charge >= 0.3 is 5.97 Å². The minimum absolute atomic E-state index is 0.0509. The Balaban J connectivity index is 2.36. The molecule has 1 saturated heterocycles. The minimum Gasteiger partial charge on any atom is -0.469 e. The highest BCUT2D eigenvalue weighted by molar-refractivity contribution is 5.81. The Bertz CT molecular complexity index is 290. The van der Waals surface area contributed by atoms with Crippen LogP contribution in [-0.2, 0) is 19.1 Å². The Morgan fingerprint density at radius 3 is 2.50 bits per heavy atom. The van der Waals surface area contributed by atoms with Gasteiger partial charge in [0, 0.05) is 19.1 Å². The van der Waals surface area contributed by atoms with Gasteiger partial charge in [0.05, 0.1) is 32.8 Å². The van der Waals surface area contributed by atoms with Crippen molar-refractivity contribution < 1.29 is 19.1 Å². The van der Waals surface area contributed by atoms with Gasteiger partial charge in [-0.2, -0.15) is 0 Å². The Hall–Kier alpha value is -1.14. The van der Waals surface area contributed by atoms with Crippen LogP contribution < -0.4 is 5.32 Å². The van der Waals surface area contributed by atoms with E-state index < -0.39 is 0 Å². The molecule has 0 aromatic rings. The number of hydrogen-bond acceptors (Lipinski definition) is 5. The van der Waals surface area contributed by atoms with Crippen LogP contribution in [-0.4, -0.2) is 62.3 Å². The molecule has 6 nitrogen and oxygen atoms in total. The van der Waals surface area contributed by atoms with Crippen molar-refractivity contribution in [2.24, 2.45) is 0 Å². The molecule has 104 valence electrons. The summed E-state index contributed by atoms with van der Waals surface area (Å²) in [6, 6.07) is -0.389. The van der Waals surface area contributed by atoms with E-state index in [4.69, 9.17) is 4.74 Å². The van der Waals surface area contributed by atoms with Crippen LogP contribution in [0, 0.1) is 0 Å². The average molecular weight is 258 g/mol. The van der Waals surface area contributed by atoms with Gasteiger partial charge in [-0.25, -0.2) is 0 Å². The highest BCUT2D eigenvalue weighted by Crippen LogP contribution is 2.02. The maximum absolute atomic E-state index is 12.1. The maximum atomic E-state index is 12.1. The van der Waals surface area contributed by atoms with Crippen LogP contribution in [0.25, 0.3) is 0 Å². The van der Waals surface area contributed by atoms with E-state index in [9.17, 15) is 9.59 Å². The van der Waals surface area contributed by atoms with E-state index in [0.717, 1.165) is 0 Å². The molecule has 1 N–H and O–H groups in total. The first kappa shape index (κ1) is 14.9. The molecule has 0 spiro atoms. The lowest BCUT2D eigenvalue weighted by Gasteiger charge is -2.30. The van der Waals surface area contributed by atoms with E-state index in [-0.39, 0.29) is 30.4 Å². The lowest BCUT2D eigenvalue weighted by atomic mass is 10.2. The number of carbonyl (C=O) groups is 2. The van der Waals surface area contributed by atoms with E-state index in [1.54, 1.807) is 4.90 Å². The standard InChI is InChI=1S/C12H22N2O4/c1-9(8-11(15)17-3)13-10(2)12(16)14-4-6-18-7-5-14/h9-10,13H,4-8H2,1-3H3. The van der Waals surface area contributed by atoms with Crippen LogP contribution in [0.3, 0.4) is 0 Å². The second-order valence-corrected chi connectivity index (χ2v) is 4.51. The maximum Gasteiger partial charge on any atom is 0.307 e. The SMILES string of the molecule is COC(=O)CC(C)NC(C)C(=O)N1CCOCC1. The third-order valence-corrected chi connectivity index (χ3v) is 2.93. The predicted octanol–water partition coefficient (Wildman–Crippen LogP) is -0.225. The normalized spacial score (nSPS) is 19.2. The van der Waals surface area contributed by atoms with Gasteiger partial charge < -0.3 is 19.7 Å². The molecule has 0 aliphatic carbocycles. The molecule has 0 aromatic heterocycles. The summed E-state index contributed by atoms with van der Waals surface area (Å²) in [5, 5.41) is 3.11. The fourth-order valence-corrected chi connectivity index (χ4v) is 1.95. The Labute approximate surface area is 108 Å². The van der Waals surface area contributed by atoms with Gasteiger partial charge in [0.1, 0.15) is 0 Å². The quantitative estimate of drug-likeness (QED) is 0.690. The minimum atomic E-state index is -0.303. The number of nitrogens with one attached hydrogen (secondary N) is 1.